The van der Waals surface area contributed by atoms with E-state index >= 15 is 0 Å². The fourth-order valence-corrected chi connectivity index (χ4v) is 6.30. The Balaban J connectivity index is 2.34. The third kappa shape index (κ3) is 22.2. The van der Waals surface area contributed by atoms with E-state index in [4.69, 9.17) is 9.47 Å². The quantitative estimate of drug-likeness (QED) is 0.0357. The molecular formula is C40H66O7S. The van der Waals surface area contributed by atoms with Crippen molar-refractivity contribution in [3.8, 4) is 0 Å². The molecule has 1 aromatic rings. The fraction of sp³-hybridized carbons (Fsp3) is 0.700. The summed E-state index contributed by atoms with van der Waals surface area (Å²) >= 11 is 0. The average molecular weight is 691 g/mol. The van der Waals surface area contributed by atoms with Gasteiger partial charge in [0, 0.05) is 0 Å². The highest BCUT2D eigenvalue weighted by Crippen LogP contribution is 2.23. The number of carbonyl (C=O) groups excluding carboxylic acids is 2. The summed E-state index contributed by atoms with van der Waals surface area (Å²) in [6.45, 7) is 4.72. The van der Waals surface area contributed by atoms with E-state index in [1.54, 1.807) is 0 Å². The van der Waals surface area contributed by atoms with E-state index in [0.717, 1.165) is 63.9 Å². The van der Waals surface area contributed by atoms with Gasteiger partial charge in [-0.25, -0.2) is 9.59 Å². The third-order valence-corrected chi connectivity index (χ3v) is 9.40. The van der Waals surface area contributed by atoms with Gasteiger partial charge >= 0.3 is 11.9 Å². The highest BCUT2D eigenvalue weighted by atomic mass is 32.2. The van der Waals surface area contributed by atoms with Crippen molar-refractivity contribution < 1.29 is 32.0 Å². The SMILES string of the molecule is CCCCCC/C=C/CCCCCCCCOC(=O)c1cccc(S(=O)(=O)O)c1C(=O)OCCCCCCCC/C=C/CCCCCC. The monoisotopic (exact) mass is 690 g/mol. The van der Waals surface area contributed by atoms with E-state index in [1.165, 1.54) is 95.6 Å². The lowest BCUT2D eigenvalue weighted by Crippen LogP contribution is -2.19. The van der Waals surface area contributed by atoms with E-state index < -0.39 is 32.5 Å². The van der Waals surface area contributed by atoms with Gasteiger partial charge in [0.05, 0.1) is 24.3 Å². The van der Waals surface area contributed by atoms with Crippen LogP contribution < -0.4 is 0 Å². The zero-order chi connectivity index (χ0) is 35.1. The molecule has 1 rings (SSSR count). The van der Waals surface area contributed by atoms with E-state index in [9.17, 15) is 22.6 Å². The predicted octanol–water partition coefficient (Wildman–Crippen LogP) is 11.8. The molecule has 7 nitrogen and oxygen atoms in total. The van der Waals surface area contributed by atoms with Crippen molar-refractivity contribution in [2.75, 3.05) is 13.2 Å². The number of hydrogen-bond acceptors (Lipinski definition) is 6. The minimum Gasteiger partial charge on any atom is -0.462 e. The van der Waals surface area contributed by atoms with Crippen LogP contribution in [0.2, 0.25) is 0 Å². The van der Waals surface area contributed by atoms with Crippen molar-refractivity contribution in [3.63, 3.8) is 0 Å². The highest BCUT2D eigenvalue weighted by Gasteiger charge is 2.28. The molecule has 0 heterocycles. The molecule has 274 valence electrons. The Hall–Kier alpha value is -2.45. The summed E-state index contributed by atoms with van der Waals surface area (Å²) < 4.78 is 44.6. The first-order valence-electron chi connectivity index (χ1n) is 19.1. The minimum atomic E-state index is -4.76. The van der Waals surface area contributed by atoms with Crippen LogP contribution in [0.4, 0.5) is 0 Å². The molecule has 0 amide bonds. The number of carbonyl (C=O) groups is 2. The van der Waals surface area contributed by atoms with Gasteiger partial charge in [-0.1, -0.05) is 134 Å². The molecule has 1 N–H and O–H groups in total. The van der Waals surface area contributed by atoms with Crippen LogP contribution in [0.5, 0.6) is 0 Å². The molecule has 48 heavy (non-hydrogen) atoms. The first-order valence-corrected chi connectivity index (χ1v) is 20.5. The maximum atomic E-state index is 13.0. The smallest absolute Gasteiger partial charge is 0.340 e. The lowest BCUT2D eigenvalue weighted by molar-refractivity contribution is 0.0446. The Labute approximate surface area is 293 Å². The van der Waals surface area contributed by atoms with Crippen LogP contribution >= 0.6 is 0 Å². The highest BCUT2D eigenvalue weighted by molar-refractivity contribution is 7.86. The van der Waals surface area contributed by atoms with Gasteiger partial charge in [-0.05, 0) is 76.3 Å². The minimum absolute atomic E-state index is 0.100. The second kappa shape index (κ2) is 29.5. The van der Waals surface area contributed by atoms with Crippen LogP contribution in [0.15, 0.2) is 47.4 Å². The first kappa shape index (κ1) is 43.6. The Kier molecular flexibility index (Phi) is 26.7. The molecule has 8 heteroatoms. The summed E-state index contributed by atoms with van der Waals surface area (Å²) in [5.41, 5.74) is -0.693. The van der Waals surface area contributed by atoms with Crippen LogP contribution in [-0.4, -0.2) is 38.1 Å². The maximum Gasteiger partial charge on any atom is 0.340 e. The molecule has 0 saturated carbocycles. The van der Waals surface area contributed by atoms with E-state index in [0.29, 0.717) is 12.8 Å². The van der Waals surface area contributed by atoms with E-state index in [1.807, 2.05) is 0 Å². The summed E-state index contributed by atoms with van der Waals surface area (Å²) in [7, 11) is -4.76. The number of ether oxygens (including phenoxy) is 2. The van der Waals surface area contributed by atoms with Crippen molar-refractivity contribution in [2.24, 2.45) is 0 Å². The second-order valence-electron chi connectivity index (χ2n) is 12.9. The molecule has 0 aliphatic heterocycles. The number of rotatable bonds is 31. The Morgan fingerprint density at radius 1 is 0.562 bits per heavy atom. The van der Waals surface area contributed by atoms with Gasteiger partial charge in [0.15, 0.2) is 0 Å². The van der Waals surface area contributed by atoms with Gasteiger partial charge < -0.3 is 9.47 Å². The summed E-state index contributed by atoms with van der Waals surface area (Å²) in [5, 5.41) is 0. The van der Waals surface area contributed by atoms with Crippen molar-refractivity contribution in [3.05, 3.63) is 53.6 Å². The zero-order valence-electron chi connectivity index (χ0n) is 30.2. The summed E-state index contributed by atoms with van der Waals surface area (Å²) in [6, 6.07) is 3.73. The van der Waals surface area contributed by atoms with Gasteiger partial charge in [-0.2, -0.15) is 8.42 Å². The number of benzene rings is 1. The predicted molar refractivity (Wildman–Crippen MR) is 197 cm³/mol. The number of allylic oxidation sites excluding steroid dienone is 4. The molecule has 0 unspecified atom stereocenters. The number of unbranched alkanes of at least 4 members (excludes halogenated alkanes) is 20. The third-order valence-electron chi connectivity index (χ3n) is 8.51. The molecule has 0 atom stereocenters. The van der Waals surface area contributed by atoms with Gasteiger partial charge in [-0.15, -0.1) is 0 Å². The fourth-order valence-electron chi connectivity index (χ4n) is 5.60. The van der Waals surface area contributed by atoms with Crippen molar-refractivity contribution >= 4 is 22.1 Å². The summed E-state index contributed by atoms with van der Waals surface area (Å²) in [6.07, 6.45) is 36.2. The van der Waals surface area contributed by atoms with Gasteiger partial charge in [0.2, 0.25) is 0 Å². The molecule has 0 aliphatic rings. The lowest BCUT2D eigenvalue weighted by atomic mass is 10.1. The van der Waals surface area contributed by atoms with Gasteiger partial charge in [-0.3, -0.25) is 4.55 Å². The van der Waals surface area contributed by atoms with Crippen LogP contribution in [0.3, 0.4) is 0 Å². The van der Waals surface area contributed by atoms with Gasteiger partial charge in [0.25, 0.3) is 10.1 Å². The molecule has 0 spiro atoms. The zero-order valence-corrected chi connectivity index (χ0v) is 31.0. The Morgan fingerprint density at radius 3 is 1.35 bits per heavy atom. The molecule has 0 saturated heterocycles. The number of hydrogen-bond donors (Lipinski definition) is 1. The lowest BCUT2D eigenvalue weighted by Gasteiger charge is -2.13. The normalized spacial score (nSPS) is 11.9. The molecule has 0 radical (unpaired) electrons. The topological polar surface area (TPSA) is 107 Å². The van der Waals surface area contributed by atoms with Crippen LogP contribution in [0, 0.1) is 0 Å². The Morgan fingerprint density at radius 2 is 0.938 bits per heavy atom. The van der Waals surface area contributed by atoms with Crippen LogP contribution in [0.25, 0.3) is 0 Å². The van der Waals surface area contributed by atoms with E-state index in [-0.39, 0.29) is 18.8 Å². The summed E-state index contributed by atoms with van der Waals surface area (Å²) in [5.74, 6) is -1.76. The van der Waals surface area contributed by atoms with Crippen molar-refractivity contribution in [2.45, 2.75) is 173 Å². The van der Waals surface area contributed by atoms with Crippen LogP contribution in [0.1, 0.15) is 189 Å². The molecule has 0 aliphatic carbocycles. The number of esters is 2. The average Bonchev–Trinajstić information content (AvgIpc) is 3.07. The second-order valence-corrected chi connectivity index (χ2v) is 14.3. The van der Waals surface area contributed by atoms with E-state index in [2.05, 4.69) is 38.2 Å². The molecule has 0 aromatic heterocycles. The molecule has 0 fully saturated rings. The largest absolute Gasteiger partial charge is 0.462 e. The Bertz CT molecular complexity index is 1140. The van der Waals surface area contributed by atoms with Crippen molar-refractivity contribution in [1.29, 1.82) is 0 Å². The summed E-state index contributed by atoms with van der Waals surface area (Å²) in [4.78, 5) is 25.2. The first-order chi connectivity index (χ1) is 23.3. The molecule has 1 aromatic carbocycles. The molecule has 0 bridgehead atoms. The molecular weight excluding hydrogens is 624 g/mol. The van der Waals surface area contributed by atoms with Crippen molar-refractivity contribution in [1.82, 2.24) is 0 Å². The van der Waals surface area contributed by atoms with Gasteiger partial charge in [0.1, 0.15) is 4.90 Å². The maximum absolute atomic E-state index is 13.0. The standard InChI is InChI=1S/C40H66O7S/c1-3-5-7-9-11-13-15-17-19-21-23-25-27-29-34-46-39(41)36-32-31-33-37(48(43,44)45)38(36)40(42)47-35-30-28-26-24-22-20-18-16-14-12-10-8-6-4-2/h13-16,31-33H,3-12,17-30,34-35H2,1-2H3,(H,43,44,45)/b15-13+,16-14+. The van der Waals surface area contributed by atoms with Crippen LogP contribution in [-0.2, 0) is 19.6 Å².